The number of amides is 1. The van der Waals surface area contributed by atoms with Gasteiger partial charge in [-0.1, -0.05) is 47.6 Å². The van der Waals surface area contributed by atoms with Gasteiger partial charge in [-0.15, -0.1) is 0 Å². The summed E-state index contributed by atoms with van der Waals surface area (Å²) in [7, 11) is 0. The number of carbonyl (C=O) groups excluding carboxylic acids is 7. The number of hydrogen-bond donors (Lipinski definition) is 3. The van der Waals surface area contributed by atoms with Gasteiger partial charge in [0.1, 0.15) is 23.2 Å². The molecule has 7 atom stereocenters. The molecule has 14 heteroatoms. The molecule has 1 unspecified atom stereocenters. The van der Waals surface area contributed by atoms with E-state index in [0.717, 1.165) is 0 Å². The van der Waals surface area contributed by atoms with E-state index in [2.05, 4.69) is 5.32 Å². The number of aromatic hydroxyl groups is 1. The smallest absolute Gasteiger partial charge is 0.347 e. The molecule has 1 aromatic carbocycles. The SMILES string of the molecule is CCC(C)[C@@H]1OC(=O)[C@H](C)OC(=O)[C@@H](CC(=O)c2cccc(N)c2O)[C@@H](C)OC(=O)[C@H](CC(C)C)OC(=O)C(C)(C)C(=O)[C@H](CC(C)C)NC1=O. The average Bonchev–Trinajstić information content (AvgIpc) is 3.04. The van der Waals surface area contributed by atoms with Crippen LogP contribution in [0.1, 0.15) is 105 Å². The van der Waals surface area contributed by atoms with Gasteiger partial charge >= 0.3 is 23.9 Å². The largest absolute Gasteiger partial charge is 0.505 e. The minimum absolute atomic E-state index is 0.0155. The van der Waals surface area contributed by atoms with Crippen molar-refractivity contribution in [3.8, 4) is 5.75 Å². The molecule has 1 saturated heterocycles. The summed E-state index contributed by atoms with van der Waals surface area (Å²) in [4.78, 5) is 95.2. The molecule has 51 heavy (non-hydrogen) atoms. The van der Waals surface area contributed by atoms with Crippen molar-refractivity contribution < 1.29 is 57.6 Å². The third kappa shape index (κ3) is 11.3. The fourth-order valence-electron chi connectivity index (χ4n) is 5.44. The molecule has 1 fully saturated rings. The molecule has 1 heterocycles. The highest BCUT2D eigenvalue weighted by Crippen LogP contribution is 2.30. The lowest BCUT2D eigenvalue weighted by Crippen LogP contribution is -2.54. The van der Waals surface area contributed by atoms with Crippen LogP contribution in [-0.4, -0.2) is 76.9 Å². The van der Waals surface area contributed by atoms with Crippen molar-refractivity contribution in [3.05, 3.63) is 23.8 Å². The van der Waals surface area contributed by atoms with Gasteiger partial charge in [-0.3, -0.25) is 24.0 Å². The van der Waals surface area contributed by atoms with Crippen LogP contribution in [0.25, 0.3) is 0 Å². The van der Waals surface area contributed by atoms with Crippen LogP contribution in [0.3, 0.4) is 0 Å². The molecule has 0 aromatic heterocycles. The number of para-hydroxylation sites is 1. The topological polar surface area (TPSA) is 215 Å². The van der Waals surface area contributed by atoms with Crippen molar-refractivity contribution in [1.29, 1.82) is 0 Å². The van der Waals surface area contributed by atoms with Gasteiger partial charge in [-0.2, -0.15) is 0 Å². The van der Waals surface area contributed by atoms with Crippen molar-refractivity contribution in [1.82, 2.24) is 5.32 Å². The lowest BCUT2D eigenvalue weighted by atomic mass is 9.81. The van der Waals surface area contributed by atoms with Gasteiger partial charge in [0, 0.05) is 12.3 Å². The van der Waals surface area contributed by atoms with E-state index in [0.29, 0.717) is 6.42 Å². The molecule has 0 saturated carbocycles. The summed E-state index contributed by atoms with van der Waals surface area (Å²) in [6, 6.07) is 2.91. The number of Topliss-reactive ketones (excluding diaryl/α,β-unsaturated/α-hetero) is 2. The second-order valence-electron chi connectivity index (χ2n) is 14.6. The maximum absolute atomic E-state index is 14.0. The first kappa shape index (κ1) is 42.7. The molecule has 1 aliphatic rings. The quantitative estimate of drug-likeness (QED) is 0.0821. The highest BCUT2D eigenvalue weighted by molar-refractivity contribution is 6.07. The van der Waals surface area contributed by atoms with E-state index in [4.69, 9.17) is 24.7 Å². The molecule has 0 radical (unpaired) electrons. The number of rotatable bonds is 9. The molecule has 1 amide bonds. The Kier molecular flexibility index (Phi) is 15.2. The van der Waals surface area contributed by atoms with Gasteiger partial charge in [-0.25, -0.2) is 9.59 Å². The number of nitrogens with two attached hydrogens (primary N) is 1. The fourth-order valence-corrected chi connectivity index (χ4v) is 5.44. The van der Waals surface area contributed by atoms with Gasteiger partial charge in [0.25, 0.3) is 5.91 Å². The Morgan fingerprint density at radius 1 is 0.882 bits per heavy atom. The minimum atomic E-state index is -1.85. The molecule has 284 valence electrons. The summed E-state index contributed by atoms with van der Waals surface area (Å²) in [6.45, 7) is 15.8. The number of phenolic OH excluding ortho intramolecular Hbond substituents is 1. The molecule has 1 aromatic rings. The van der Waals surface area contributed by atoms with Gasteiger partial charge < -0.3 is 35.1 Å². The first-order valence-electron chi connectivity index (χ1n) is 17.4. The molecule has 14 nitrogen and oxygen atoms in total. The Hall–Kier alpha value is -4.49. The second kappa shape index (κ2) is 18.1. The van der Waals surface area contributed by atoms with Crippen LogP contribution < -0.4 is 11.1 Å². The zero-order valence-corrected chi connectivity index (χ0v) is 31.3. The molecule has 0 bridgehead atoms. The van der Waals surface area contributed by atoms with Crippen LogP contribution in [0.5, 0.6) is 5.75 Å². The van der Waals surface area contributed by atoms with Gasteiger partial charge in [0.05, 0.1) is 17.3 Å². The monoisotopic (exact) mass is 718 g/mol. The van der Waals surface area contributed by atoms with Gasteiger partial charge in [0.15, 0.2) is 29.9 Å². The highest BCUT2D eigenvalue weighted by Gasteiger charge is 2.46. The standard InChI is InChI=1S/C37H54N2O12/c1-11-20(6)30-32(43)39-26(15-18(2)3)31(42)37(9,10)36(47)50-28(16-19(4)5)35(46)48-21(7)24(34(45)49-22(8)33(44)51-30)17-27(40)23-13-12-14-25(38)29(23)41/h12-14,18-22,24,26,28,30,41H,11,15-17,38H2,1-10H3,(H,39,43)/t20?,21-,22+,24+,26+,28+,30+/m1/s1. The van der Waals surface area contributed by atoms with Crippen LogP contribution >= 0.6 is 0 Å². The predicted octanol–water partition coefficient (Wildman–Crippen LogP) is 4.08. The number of ketones is 2. The van der Waals surface area contributed by atoms with Crippen molar-refractivity contribution in [2.75, 3.05) is 5.73 Å². The number of esters is 4. The molecular weight excluding hydrogens is 664 g/mol. The zero-order valence-electron chi connectivity index (χ0n) is 31.3. The van der Waals surface area contributed by atoms with Crippen LogP contribution in [0.15, 0.2) is 18.2 Å². The number of hydrogen-bond acceptors (Lipinski definition) is 13. The molecular formula is C37H54N2O12. The summed E-state index contributed by atoms with van der Waals surface area (Å²) in [6.07, 6.45) is -6.04. The Labute approximate surface area is 299 Å². The number of benzene rings is 1. The zero-order chi connectivity index (χ0) is 39.0. The van der Waals surface area contributed by atoms with Crippen LogP contribution in [0.2, 0.25) is 0 Å². The molecule has 0 aliphatic carbocycles. The van der Waals surface area contributed by atoms with Crippen molar-refractivity contribution >= 4 is 47.0 Å². The van der Waals surface area contributed by atoms with E-state index in [1.54, 1.807) is 27.7 Å². The number of carbonyl (C=O) groups is 7. The fraction of sp³-hybridized carbons (Fsp3) is 0.649. The van der Waals surface area contributed by atoms with Crippen LogP contribution in [-0.2, 0) is 47.7 Å². The Morgan fingerprint density at radius 2 is 1.49 bits per heavy atom. The first-order chi connectivity index (χ1) is 23.6. The molecule has 1 aliphatic heterocycles. The predicted molar refractivity (Wildman–Crippen MR) is 185 cm³/mol. The van der Waals surface area contributed by atoms with Crippen molar-refractivity contribution in [2.45, 2.75) is 125 Å². The number of anilines is 1. The Balaban J connectivity index is 2.67. The number of ether oxygens (including phenoxy) is 4. The summed E-state index contributed by atoms with van der Waals surface area (Å²) < 4.78 is 22.2. The molecule has 4 N–H and O–H groups in total. The summed E-state index contributed by atoms with van der Waals surface area (Å²) in [5, 5.41) is 13.1. The first-order valence-corrected chi connectivity index (χ1v) is 17.4. The number of cyclic esters (lactones) is 4. The van der Waals surface area contributed by atoms with E-state index < -0.39 is 101 Å². The Morgan fingerprint density at radius 3 is 2.06 bits per heavy atom. The Bertz CT molecular complexity index is 1470. The number of phenols is 1. The van der Waals surface area contributed by atoms with Gasteiger partial charge in [-0.05, 0) is 70.9 Å². The maximum atomic E-state index is 14.0. The van der Waals surface area contributed by atoms with Crippen molar-refractivity contribution in [3.63, 3.8) is 0 Å². The summed E-state index contributed by atoms with van der Waals surface area (Å²) in [5.74, 6) is -9.42. The van der Waals surface area contributed by atoms with Gasteiger partial charge in [0.2, 0.25) is 0 Å². The van der Waals surface area contributed by atoms with E-state index >= 15 is 0 Å². The lowest BCUT2D eigenvalue weighted by Gasteiger charge is -2.32. The third-order valence-corrected chi connectivity index (χ3v) is 8.90. The summed E-state index contributed by atoms with van der Waals surface area (Å²) in [5.41, 5.74) is 3.61. The number of nitrogens with one attached hydrogen (secondary N) is 1. The molecule has 2 rings (SSSR count). The van der Waals surface area contributed by atoms with Crippen molar-refractivity contribution in [2.24, 2.45) is 29.1 Å². The van der Waals surface area contributed by atoms with E-state index in [9.17, 15) is 38.7 Å². The second-order valence-corrected chi connectivity index (χ2v) is 14.6. The minimum Gasteiger partial charge on any atom is -0.505 e. The van der Waals surface area contributed by atoms with E-state index in [-0.39, 0.29) is 35.9 Å². The number of nitrogen functional groups attached to an aromatic ring is 1. The molecule has 0 spiro atoms. The summed E-state index contributed by atoms with van der Waals surface area (Å²) >= 11 is 0. The highest BCUT2D eigenvalue weighted by atomic mass is 16.6. The van der Waals surface area contributed by atoms with Crippen LogP contribution in [0, 0.1) is 29.1 Å². The van der Waals surface area contributed by atoms with E-state index in [1.807, 2.05) is 13.8 Å². The third-order valence-electron chi connectivity index (χ3n) is 8.90. The average molecular weight is 719 g/mol. The maximum Gasteiger partial charge on any atom is 0.347 e. The lowest BCUT2D eigenvalue weighted by molar-refractivity contribution is -0.185. The van der Waals surface area contributed by atoms with Crippen LogP contribution in [0.4, 0.5) is 5.69 Å². The van der Waals surface area contributed by atoms with E-state index in [1.165, 1.54) is 45.9 Å². The normalized spacial score (nSPS) is 26.3.